The van der Waals surface area contributed by atoms with Crippen LogP contribution in [0.4, 0.5) is 0 Å². The van der Waals surface area contributed by atoms with E-state index in [1.807, 2.05) is 0 Å². The second kappa shape index (κ2) is 7.45. The van der Waals surface area contributed by atoms with Crippen molar-refractivity contribution in [3.05, 3.63) is 0 Å². The van der Waals surface area contributed by atoms with E-state index in [9.17, 15) is 14.4 Å². The van der Waals surface area contributed by atoms with Crippen LogP contribution < -0.4 is 5.32 Å². The molecule has 2 unspecified atom stereocenters. The molecule has 2 saturated carbocycles. The molecule has 1 saturated heterocycles. The zero-order valence-corrected chi connectivity index (χ0v) is 13.9. The summed E-state index contributed by atoms with van der Waals surface area (Å²) in [6, 6.07) is 0.276. The quantitative estimate of drug-likeness (QED) is 0.639. The number of rotatable bonds is 4. The van der Waals surface area contributed by atoms with Gasteiger partial charge in [-0.3, -0.25) is 19.3 Å². The first-order chi connectivity index (χ1) is 11.2. The highest BCUT2D eigenvalue weighted by Gasteiger charge is 2.47. The van der Waals surface area contributed by atoms with Gasteiger partial charge in [0.25, 0.3) is 0 Å². The zero-order chi connectivity index (χ0) is 16.2. The Labute approximate surface area is 138 Å². The molecule has 23 heavy (non-hydrogen) atoms. The third kappa shape index (κ3) is 3.75. The fraction of sp³-hybridized carbons (Fsp3) is 0.833. The minimum absolute atomic E-state index is 0.0210. The van der Waals surface area contributed by atoms with Gasteiger partial charge in [0, 0.05) is 19.0 Å². The van der Waals surface area contributed by atoms with Crippen LogP contribution in [0.3, 0.4) is 0 Å². The van der Waals surface area contributed by atoms with Crippen LogP contribution in [0.5, 0.6) is 0 Å². The number of carbonyl (C=O) groups excluding carboxylic acids is 3. The van der Waals surface area contributed by atoms with Gasteiger partial charge in [0.05, 0.1) is 11.8 Å². The van der Waals surface area contributed by atoms with E-state index in [0.717, 1.165) is 38.5 Å². The third-order valence-electron chi connectivity index (χ3n) is 5.72. The van der Waals surface area contributed by atoms with Gasteiger partial charge in [-0.2, -0.15) is 0 Å². The van der Waals surface area contributed by atoms with Crippen LogP contribution >= 0.6 is 0 Å². The van der Waals surface area contributed by atoms with Gasteiger partial charge in [-0.1, -0.05) is 38.5 Å². The van der Waals surface area contributed by atoms with E-state index in [2.05, 4.69) is 5.32 Å². The third-order valence-corrected chi connectivity index (χ3v) is 5.72. The minimum atomic E-state index is -0.110. The lowest BCUT2D eigenvalue weighted by Crippen LogP contribution is -2.38. The molecular formula is C18H28N2O3. The predicted octanol–water partition coefficient (Wildman–Crippen LogP) is 2.39. The number of nitrogens with one attached hydrogen (secondary N) is 1. The van der Waals surface area contributed by atoms with Crippen LogP contribution in [0.1, 0.15) is 70.6 Å². The van der Waals surface area contributed by atoms with Crippen molar-refractivity contribution in [3.63, 3.8) is 0 Å². The molecule has 2 atom stereocenters. The Morgan fingerprint density at radius 1 is 0.870 bits per heavy atom. The summed E-state index contributed by atoms with van der Waals surface area (Å²) in [6.45, 7) is 0.253. The van der Waals surface area contributed by atoms with E-state index in [4.69, 9.17) is 0 Å². The molecule has 128 valence electrons. The van der Waals surface area contributed by atoms with E-state index in [-0.39, 0.29) is 48.6 Å². The van der Waals surface area contributed by atoms with Crippen LogP contribution in [0, 0.1) is 11.8 Å². The van der Waals surface area contributed by atoms with Crippen molar-refractivity contribution < 1.29 is 14.4 Å². The smallest absolute Gasteiger partial charge is 0.233 e. The first-order valence-corrected chi connectivity index (χ1v) is 9.31. The fourth-order valence-electron chi connectivity index (χ4n) is 4.39. The highest BCUT2D eigenvalue weighted by molar-refractivity contribution is 6.05. The Balaban J connectivity index is 1.48. The SMILES string of the molecule is O=C(CCN1C(=O)C2CCCCC2C1=O)NC1CCCCCC1. The average Bonchev–Trinajstić information content (AvgIpc) is 2.74. The van der Waals surface area contributed by atoms with E-state index in [1.54, 1.807) is 0 Å². The number of imide groups is 1. The number of hydrogen-bond donors (Lipinski definition) is 1. The molecule has 3 fully saturated rings. The zero-order valence-electron chi connectivity index (χ0n) is 13.9. The van der Waals surface area contributed by atoms with Crippen LogP contribution in [0.25, 0.3) is 0 Å². The Kier molecular flexibility index (Phi) is 5.34. The second-order valence-electron chi connectivity index (χ2n) is 7.33. The van der Waals surface area contributed by atoms with Gasteiger partial charge < -0.3 is 5.32 Å². The number of amides is 3. The molecule has 1 N–H and O–H groups in total. The average molecular weight is 320 g/mol. The number of hydrogen-bond acceptors (Lipinski definition) is 3. The van der Waals surface area contributed by atoms with Gasteiger partial charge in [-0.05, 0) is 25.7 Å². The van der Waals surface area contributed by atoms with Crippen molar-refractivity contribution in [1.82, 2.24) is 10.2 Å². The Morgan fingerprint density at radius 2 is 1.39 bits per heavy atom. The first-order valence-electron chi connectivity index (χ1n) is 9.31. The van der Waals surface area contributed by atoms with Crippen molar-refractivity contribution in [1.29, 1.82) is 0 Å². The molecule has 5 nitrogen and oxygen atoms in total. The summed E-state index contributed by atoms with van der Waals surface area (Å²) in [5, 5.41) is 3.09. The minimum Gasteiger partial charge on any atom is -0.353 e. The highest BCUT2D eigenvalue weighted by Crippen LogP contribution is 2.37. The van der Waals surface area contributed by atoms with Crippen LogP contribution in [-0.2, 0) is 14.4 Å². The lowest BCUT2D eigenvalue weighted by Gasteiger charge is -2.19. The lowest BCUT2D eigenvalue weighted by molar-refractivity contribution is -0.140. The van der Waals surface area contributed by atoms with Crippen molar-refractivity contribution in [2.45, 2.75) is 76.7 Å². The maximum Gasteiger partial charge on any atom is 0.233 e. The number of likely N-dealkylation sites (tertiary alicyclic amines) is 1. The Morgan fingerprint density at radius 3 is 1.96 bits per heavy atom. The maximum absolute atomic E-state index is 12.4. The number of carbonyl (C=O) groups is 3. The normalized spacial score (nSPS) is 29.3. The van der Waals surface area contributed by atoms with E-state index >= 15 is 0 Å². The summed E-state index contributed by atoms with van der Waals surface area (Å²) in [6.07, 6.45) is 11.0. The van der Waals surface area contributed by atoms with Gasteiger partial charge in [0.1, 0.15) is 0 Å². The number of fused-ring (bicyclic) bond motifs is 1. The summed E-state index contributed by atoms with van der Waals surface area (Å²) in [7, 11) is 0. The Bertz CT molecular complexity index is 445. The molecule has 3 amide bonds. The molecule has 0 aromatic heterocycles. The van der Waals surface area contributed by atoms with Crippen molar-refractivity contribution in [2.24, 2.45) is 11.8 Å². The second-order valence-corrected chi connectivity index (χ2v) is 7.33. The summed E-state index contributed by atoms with van der Waals surface area (Å²) in [4.78, 5) is 38.2. The van der Waals surface area contributed by atoms with E-state index < -0.39 is 0 Å². The Hall–Kier alpha value is -1.39. The topological polar surface area (TPSA) is 66.5 Å². The molecular weight excluding hydrogens is 292 g/mol. The van der Waals surface area contributed by atoms with Crippen LogP contribution in [0.2, 0.25) is 0 Å². The fourth-order valence-corrected chi connectivity index (χ4v) is 4.39. The van der Waals surface area contributed by atoms with E-state index in [0.29, 0.717) is 0 Å². The molecule has 0 radical (unpaired) electrons. The van der Waals surface area contributed by atoms with Gasteiger partial charge in [0.15, 0.2) is 0 Å². The first kappa shape index (κ1) is 16.5. The standard InChI is InChI=1S/C18H28N2O3/c21-16(19-13-7-3-1-2-4-8-13)11-12-20-17(22)14-9-5-6-10-15(14)18(20)23/h13-15H,1-12H2,(H,19,21). The summed E-state index contributed by atoms with van der Waals surface area (Å²) in [5.41, 5.74) is 0. The molecule has 3 aliphatic rings. The molecule has 0 aromatic carbocycles. The van der Waals surface area contributed by atoms with Crippen molar-refractivity contribution in [3.8, 4) is 0 Å². The molecule has 3 rings (SSSR count). The molecule has 0 bridgehead atoms. The van der Waals surface area contributed by atoms with E-state index in [1.165, 1.54) is 30.6 Å². The summed E-state index contributed by atoms with van der Waals surface area (Å²) < 4.78 is 0. The van der Waals surface area contributed by atoms with Crippen LogP contribution in [-0.4, -0.2) is 35.2 Å². The lowest BCUT2D eigenvalue weighted by atomic mass is 9.81. The van der Waals surface area contributed by atoms with Gasteiger partial charge in [0.2, 0.25) is 17.7 Å². The predicted molar refractivity (Wildman–Crippen MR) is 86.4 cm³/mol. The van der Waals surface area contributed by atoms with Gasteiger partial charge >= 0.3 is 0 Å². The molecule has 0 aromatic rings. The maximum atomic E-state index is 12.4. The molecule has 1 aliphatic heterocycles. The van der Waals surface area contributed by atoms with Crippen molar-refractivity contribution in [2.75, 3.05) is 6.54 Å². The molecule has 0 spiro atoms. The summed E-state index contributed by atoms with van der Waals surface area (Å²) >= 11 is 0. The van der Waals surface area contributed by atoms with Crippen molar-refractivity contribution >= 4 is 17.7 Å². The largest absolute Gasteiger partial charge is 0.353 e. The molecule has 2 aliphatic carbocycles. The molecule has 1 heterocycles. The van der Waals surface area contributed by atoms with Gasteiger partial charge in [-0.15, -0.1) is 0 Å². The number of nitrogens with zero attached hydrogens (tertiary/aromatic N) is 1. The highest BCUT2D eigenvalue weighted by atomic mass is 16.2. The van der Waals surface area contributed by atoms with Crippen LogP contribution in [0.15, 0.2) is 0 Å². The monoisotopic (exact) mass is 320 g/mol. The van der Waals surface area contributed by atoms with Gasteiger partial charge in [-0.25, -0.2) is 0 Å². The summed E-state index contributed by atoms with van der Waals surface area (Å²) in [5.74, 6) is -0.321. The molecule has 5 heteroatoms.